The summed E-state index contributed by atoms with van der Waals surface area (Å²) in [6, 6.07) is 0. The van der Waals surface area contributed by atoms with Gasteiger partial charge in [-0.25, -0.2) is 0 Å². The van der Waals surface area contributed by atoms with E-state index >= 15 is 0 Å². The van der Waals surface area contributed by atoms with E-state index in [1.165, 1.54) is 0 Å². The first kappa shape index (κ1) is 11.8. The van der Waals surface area contributed by atoms with Crippen LogP contribution in [0.15, 0.2) is 0 Å². The Morgan fingerprint density at radius 3 is 2.43 bits per heavy atom. The van der Waals surface area contributed by atoms with Crippen LogP contribution in [-0.2, 0) is 0 Å². The topological polar surface area (TPSA) is 3.24 Å². The average Bonchev–Trinajstić information content (AvgIpc) is 2.47. The first-order chi connectivity index (χ1) is 6.38. The van der Waals surface area contributed by atoms with Gasteiger partial charge in [0.25, 0.3) is 0 Å². The summed E-state index contributed by atoms with van der Waals surface area (Å²) >= 11 is 0. The Morgan fingerprint density at radius 2 is 2.00 bits per heavy atom. The smallest absolute Gasteiger partial charge is 0.303 e. The number of halogens is 3. The molecule has 0 aliphatic carbocycles. The third-order valence-electron chi connectivity index (χ3n) is 2.96. The molecule has 1 unspecified atom stereocenters. The maximum absolute atomic E-state index is 11.9. The van der Waals surface area contributed by atoms with Gasteiger partial charge in [0.2, 0.25) is 0 Å². The molecule has 4 heteroatoms. The summed E-state index contributed by atoms with van der Waals surface area (Å²) in [6.45, 7) is 6.12. The van der Waals surface area contributed by atoms with Crippen LogP contribution in [0.3, 0.4) is 0 Å². The predicted octanol–water partition coefficient (Wildman–Crippen LogP) is 2.92. The third kappa shape index (κ3) is 3.86. The molecule has 0 amide bonds. The highest BCUT2D eigenvalue weighted by Gasteiger charge is 2.30. The van der Waals surface area contributed by atoms with E-state index in [9.17, 15) is 13.2 Å². The maximum Gasteiger partial charge on any atom is 0.390 e. The van der Waals surface area contributed by atoms with Crippen LogP contribution in [0, 0.1) is 11.8 Å². The highest BCUT2D eigenvalue weighted by Crippen LogP contribution is 2.26. The fourth-order valence-electron chi connectivity index (χ4n) is 1.89. The summed E-state index contributed by atoms with van der Waals surface area (Å²) < 4.78 is 35.8. The highest BCUT2D eigenvalue weighted by atomic mass is 19.4. The fraction of sp³-hybridized carbons (Fsp3) is 1.00. The number of rotatable bonds is 3. The van der Waals surface area contributed by atoms with Gasteiger partial charge in [-0.15, -0.1) is 0 Å². The quantitative estimate of drug-likeness (QED) is 0.690. The van der Waals surface area contributed by atoms with Crippen LogP contribution in [-0.4, -0.2) is 30.7 Å². The van der Waals surface area contributed by atoms with E-state index in [-0.39, 0.29) is 6.54 Å². The molecule has 1 aliphatic heterocycles. The molecule has 84 valence electrons. The van der Waals surface area contributed by atoms with E-state index < -0.39 is 12.6 Å². The first-order valence-electron chi connectivity index (χ1n) is 5.17. The van der Waals surface area contributed by atoms with Gasteiger partial charge in [-0.1, -0.05) is 13.8 Å². The van der Waals surface area contributed by atoms with Gasteiger partial charge in [-0.05, 0) is 24.8 Å². The van der Waals surface area contributed by atoms with Crippen molar-refractivity contribution in [3.63, 3.8) is 0 Å². The van der Waals surface area contributed by atoms with Gasteiger partial charge in [-0.2, -0.15) is 13.2 Å². The summed E-state index contributed by atoms with van der Waals surface area (Å²) in [5, 5.41) is 0. The maximum atomic E-state index is 11.9. The monoisotopic (exact) mass is 209 g/mol. The first-order valence-corrected chi connectivity index (χ1v) is 5.17. The highest BCUT2D eigenvalue weighted by molar-refractivity contribution is 4.77. The van der Waals surface area contributed by atoms with Gasteiger partial charge in [0.1, 0.15) is 0 Å². The zero-order valence-corrected chi connectivity index (χ0v) is 8.77. The van der Waals surface area contributed by atoms with Crippen LogP contribution < -0.4 is 0 Å². The van der Waals surface area contributed by atoms with Gasteiger partial charge in [0.15, 0.2) is 0 Å². The molecule has 1 rings (SSSR count). The van der Waals surface area contributed by atoms with Crippen LogP contribution in [0.4, 0.5) is 13.2 Å². The summed E-state index contributed by atoms with van der Waals surface area (Å²) in [5.74, 6) is 1.18. The van der Waals surface area contributed by atoms with Crippen molar-refractivity contribution in [2.45, 2.75) is 32.9 Å². The van der Waals surface area contributed by atoms with E-state index in [0.717, 1.165) is 19.5 Å². The number of hydrogen-bond donors (Lipinski definition) is 0. The summed E-state index contributed by atoms with van der Waals surface area (Å²) in [6.07, 6.45) is -3.62. The van der Waals surface area contributed by atoms with Gasteiger partial charge in [-0.3, -0.25) is 0 Å². The van der Waals surface area contributed by atoms with E-state index in [1.807, 2.05) is 4.90 Å². The SMILES string of the molecule is CC(C)C1CCN(CCC(F)(F)F)C1. The standard InChI is InChI=1S/C10H18F3N/c1-8(2)9-3-5-14(7-9)6-4-10(11,12)13/h8-9H,3-7H2,1-2H3. The molecule has 0 spiro atoms. The summed E-state index contributed by atoms with van der Waals surface area (Å²) in [7, 11) is 0. The average molecular weight is 209 g/mol. The van der Waals surface area contributed by atoms with E-state index in [0.29, 0.717) is 11.8 Å². The van der Waals surface area contributed by atoms with Crippen molar-refractivity contribution in [1.29, 1.82) is 0 Å². The van der Waals surface area contributed by atoms with E-state index in [4.69, 9.17) is 0 Å². The van der Waals surface area contributed by atoms with Crippen molar-refractivity contribution < 1.29 is 13.2 Å². The Hall–Kier alpha value is -0.250. The van der Waals surface area contributed by atoms with E-state index in [1.54, 1.807) is 0 Å². The van der Waals surface area contributed by atoms with Crippen LogP contribution >= 0.6 is 0 Å². The molecule has 0 aromatic rings. The molecule has 0 saturated carbocycles. The van der Waals surface area contributed by atoms with Crippen LogP contribution in [0.25, 0.3) is 0 Å². The zero-order valence-electron chi connectivity index (χ0n) is 8.77. The Kier molecular flexibility index (Phi) is 3.81. The lowest BCUT2D eigenvalue weighted by atomic mass is 9.95. The third-order valence-corrected chi connectivity index (χ3v) is 2.96. The van der Waals surface area contributed by atoms with Gasteiger partial charge < -0.3 is 4.90 Å². The molecule has 0 aromatic heterocycles. The minimum Gasteiger partial charge on any atom is -0.303 e. The molecule has 1 saturated heterocycles. The van der Waals surface area contributed by atoms with Crippen molar-refractivity contribution >= 4 is 0 Å². The van der Waals surface area contributed by atoms with Crippen molar-refractivity contribution in [2.24, 2.45) is 11.8 Å². The molecular weight excluding hydrogens is 191 g/mol. The fourth-order valence-corrected chi connectivity index (χ4v) is 1.89. The van der Waals surface area contributed by atoms with Crippen molar-refractivity contribution in [1.82, 2.24) is 4.90 Å². The number of likely N-dealkylation sites (tertiary alicyclic amines) is 1. The van der Waals surface area contributed by atoms with Gasteiger partial charge in [0, 0.05) is 13.1 Å². The Morgan fingerprint density at radius 1 is 1.36 bits per heavy atom. The minimum atomic E-state index is -4.00. The lowest BCUT2D eigenvalue weighted by molar-refractivity contribution is -0.137. The number of alkyl halides is 3. The zero-order chi connectivity index (χ0) is 10.8. The molecule has 14 heavy (non-hydrogen) atoms. The van der Waals surface area contributed by atoms with Crippen molar-refractivity contribution in [3.8, 4) is 0 Å². The lowest BCUT2D eigenvalue weighted by Gasteiger charge is -2.18. The second-order valence-electron chi connectivity index (χ2n) is 4.46. The van der Waals surface area contributed by atoms with Gasteiger partial charge in [0.05, 0.1) is 6.42 Å². The Labute approximate surface area is 83.3 Å². The molecule has 0 aromatic carbocycles. The number of hydrogen-bond acceptors (Lipinski definition) is 1. The molecular formula is C10H18F3N. The predicted molar refractivity (Wildman–Crippen MR) is 50.1 cm³/mol. The van der Waals surface area contributed by atoms with Crippen LogP contribution in [0.5, 0.6) is 0 Å². The molecule has 1 aliphatic rings. The molecule has 0 radical (unpaired) electrons. The molecule has 0 bridgehead atoms. The van der Waals surface area contributed by atoms with Crippen LogP contribution in [0.2, 0.25) is 0 Å². The van der Waals surface area contributed by atoms with Crippen LogP contribution in [0.1, 0.15) is 26.7 Å². The lowest BCUT2D eigenvalue weighted by Crippen LogP contribution is -2.26. The largest absolute Gasteiger partial charge is 0.390 e. The van der Waals surface area contributed by atoms with Crippen molar-refractivity contribution in [2.75, 3.05) is 19.6 Å². The van der Waals surface area contributed by atoms with Crippen molar-refractivity contribution in [3.05, 3.63) is 0 Å². The second kappa shape index (κ2) is 4.51. The minimum absolute atomic E-state index is 0.173. The van der Waals surface area contributed by atoms with Gasteiger partial charge >= 0.3 is 6.18 Å². The Bertz CT molecular complexity index is 177. The molecule has 1 fully saturated rings. The molecule has 1 heterocycles. The Balaban J connectivity index is 2.23. The molecule has 0 N–H and O–H groups in total. The van der Waals surface area contributed by atoms with E-state index in [2.05, 4.69) is 13.8 Å². The summed E-state index contributed by atoms with van der Waals surface area (Å²) in [5.41, 5.74) is 0. The number of nitrogens with zero attached hydrogens (tertiary/aromatic N) is 1. The second-order valence-corrected chi connectivity index (χ2v) is 4.46. The molecule has 1 atom stereocenters. The normalized spacial score (nSPS) is 24.9. The molecule has 1 nitrogen and oxygen atoms in total. The summed E-state index contributed by atoms with van der Waals surface area (Å²) in [4.78, 5) is 1.93.